The summed E-state index contributed by atoms with van der Waals surface area (Å²) in [6.07, 6.45) is 3.94. The summed E-state index contributed by atoms with van der Waals surface area (Å²) in [5.41, 5.74) is 3.41. The van der Waals surface area contributed by atoms with Crippen molar-refractivity contribution in [3.8, 4) is 0 Å². The van der Waals surface area contributed by atoms with Gasteiger partial charge in [-0.05, 0) is 18.1 Å². The molecule has 5 heteroatoms. The van der Waals surface area contributed by atoms with Crippen LogP contribution in [0.2, 0.25) is 0 Å². The lowest BCUT2D eigenvalue weighted by Crippen LogP contribution is -2.10. The van der Waals surface area contributed by atoms with Gasteiger partial charge in [0.2, 0.25) is 0 Å². The summed E-state index contributed by atoms with van der Waals surface area (Å²) in [5.74, 6) is 1.39. The van der Waals surface area contributed by atoms with E-state index in [1.165, 1.54) is 5.56 Å². The Morgan fingerprint density at radius 1 is 1.30 bits per heavy atom. The number of anilines is 2. The topological polar surface area (TPSA) is 46.0 Å². The molecule has 2 aromatic heterocycles. The standard InChI is InChI=1S/C15H23N5/c1-11(2)15-12(10-20(5)18-15)8-16-13-6-7-14(17-9-13)19(3)4/h6-7,9-11,16H,8H2,1-5H3. The molecule has 0 aliphatic heterocycles. The van der Waals surface area contributed by atoms with E-state index in [1.807, 2.05) is 49.1 Å². The van der Waals surface area contributed by atoms with E-state index in [4.69, 9.17) is 0 Å². The lowest BCUT2D eigenvalue weighted by Gasteiger charge is -2.12. The Bertz CT molecular complexity index is 554. The molecule has 0 aliphatic carbocycles. The van der Waals surface area contributed by atoms with Crippen molar-refractivity contribution >= 4 is 11.5 Å². The molecule has 0 fully saturated rings. The number of nitrogens with one attached hydrogen (secondary N) is 1. The summed E-state index contributed by atoms with van der Waals surface area (Å²) in [4.78, 5) is 6.38. The van der Waals surface area contributed by atoms with Crippen LogP contribution < -0.4 is 10.2 Å². The van der Waals surface area contributed by atoms with Gasteiger partial charge in [0.25, 0.3) is 0 Å². The third-order valence-electron chi connectivity index (χ3n) is 3.17. The number of hydrogen-bond donors (Lipinski definition) is 1. The van der Waals surface area contributed by atoms with E-state index >= 15 is 0 Å². The van der Waals surface area contributed by atoms with Crippen LogP contribution in [0.5, 0.6) is 0 Å². The molecule has 2 aromatic rings. The second kappa shape index (κ2) is 5.94. The smallest absolute Gasteiger partial charge is 0.128 e. The van der Waals surface area contributed by atoms with Crippen molar-refractivity contribution in [2.45, 2.75) is 26.3 Å². The van der Waals surface area contributed by atoms with Gasteiger partial charge in [0, 0.05) is 39.4 Å². The molecule has 0 saturated carbocycles. The number of rotatable bonds is 5. The maximum absolute atomic E-state index is 4.51. The molecule has 0 amide bonds. The van der Waals surface area contributed by atoms with Crippen LogP contribution in [-0.4, -0.2) is 28.9 Å². The lowest BCUT2D eigenvalue weighted by molar-refractivity contribution is 0.712. The summed E-state index contributed by atoms with van der Waals surface area (Å²) in [7, 11) is 5.93. The maximum Gasteiger partial charge on any atom is 0.128 e. The minimum Gasteiger partial charge on any atom is -0.380 e. The Morgan fingerprint density at radius 2 is 2.05 bits per heavy atom. The predicted molar refractivity (Wildman–Crippen MR) is 83.2 cm³/mol. The molecular formula is C15H23N5. The van der Waals surface area contributed by atoms with Crippen LogP contribution >= 0.6 is 0 Å². The fourth-order valence-corrected chi connectivity index (χ4v) is 2.13. The van der Waals surface area contributed by atoms with E-state index in [9.17, 15) is 0 Å². The maximum atomic E-state index is 4.51. The predicted octanol–water partition coefficient (Wildman–Crippen LogP) is 2.62. The zero-order chi connectivity index (χ0) is 14.7. The van der Waals surface area contributed by atoms with Crippen LogP contribution in [-0.2, 0) is 13.6 Å². The summed E-state index contributed by atoms with van der Waals surface area (Å²) >= 11 is 0. The van der Waals surface area contributed by atoms with Crippen LogP contribution in [0, 0.1) is 0 Å². The monoisotopic (exact) mass is 273 g/mol. The molecule has 1 N–H and O–H groups in total. The Labute approximate surface area is 120 Å². The second-order valence-electron chi connectivity index (χ2n) is 5.52. The molecule has 108 valence electrons. The van der Waals surface area contributed by atoms with E-state index in [1.54, 1.807) is 0 Å². The van der Waals surface area contributed by atoms with Gasteiger partial charge >= 0.3 is 0 Å². The number of pyridine rings is 1. The van der Waals surface area contributed by atoms with Crippen LogP contribution in [0.3, 0.4) is 0 Å². The van der Waals surface area contributed by atoms with Crippen LogP contribution in [0.15, 0.2) is 24.5 Å². The highest BCUT2D eigenvalue weighted by Crippen LogP contribution is 2.19. The average molecular weight is 273 g/mol. The minimum atomic E-state index is 0.433. The molecule has 0 spiro atoms. The van der Waals surface area contributed by atoms with Crippen LogP contribution in [0.1, 0.15) is 31.0 Å². The number of aryl methyl sites for hydroxylation is 1. The zero-order valence-corrected chi connectivity index (χ0v) is 12.9. The van der Waals surface area contributed by atoms with E-state index in [0.29, 0.717) is 5.92 Å². The van der Waals surface area contributed by atoms with Crippen LogP contribution in [0.25, 0.3) is 0 Å². The highest BCUT2D eigenvalue weighted by molar-refractivity contribution is 5.48. The first-order valence-electron chi connectivity index (χ1n) is 6.87. The van der Waals surface area contributed by atoms with Crippen molar-refractivity contribution in [3.63, 3.8) is 0 Å². The second-order valence-corrected chi connectivity index (χ2v) is 5.52. The Morgan fingerprint density at radius 3 is 2.60 bits per heavy atom. The largest absolute Gasteiger partial charge is 0.380 e. The number of aromatic nitrogens is 3. The van der Waals surface area contributed by atoms with Crippen molar-refractivity contribution in [3.05, 3.63) is 35.8 Å². The van der Waals surface area contributed by atoms with Gasteiger partial charge in [0.1, 0.15) is 5.82 Å². The molecule has 0 aromatic carbocycles. The fourth-order valence-electron chi connectivity index (χ4n) is 2.13. The fraction of sp³-hybridized carbons (Fsp3) is 0.467. The first kappa shape index (κ1) is 14.4. The Hall–Kier alpha value is -2.04. The van der Waals surface area contributed by atoms with Gasteiger partial charge in [-0.25, -0.2) is 4.98 Å². The summed E-state index contributed by atoms with van der Waals surface area (Å²) < 4.78 is 1.87. The molecule has 0 atom stereocenters. The first-order valence-corrected chi connectivity index (χ1v) is 6.87. The van der Waals surface area contributed by atoms with Gasteiger partial charge < -0.3 is 10.2 Å². The summed E-state index contributed by atoms with van der Waals surface area (Å²) in [6.45, 7) is 5.10. The van der Waals surface area contributed by atoms with Gasteiger partial charge in [-0.2, -0.15) is 5.10 Å². The summed E-state index contributed by atoms with van der Waals surface area (Å²) in [6, 6.07) is 4.06. The quantitative estimate of drug-likeness (QED) is 0.909. The van der Waals surface area contributed by atoms with Crippen molar-refractivity contribution in [2.24, 2.45) is 7.05 Å². The minimum absolute atomic E-state index is 0.433. The Balaban J connectivity index is 2.05. The van der Waals surface area contributed by atoms with E-state index < -0.39 is 0 Å². The molecule has 0 aliphatic rings. The molecule has 0 radical (unpaired) electrons. The molecule has 5 nitrogen and oxygen atoms in total. The third kappa shape index (κ3) is 3.29. The highest BCUT2D eigenvalue weighted by atomic mass is 15.3. The molecule has 20 heavy (non-hydrogen) atoms. The van der Waals surface area contributed by atoms with E-state index in [-0.39, 0.29) is 0 Å². The molecular weight excluding hydrogens is 250 g/mol. The third-order valence-corrected chi connectivity index (χ3v) is 3.17. The average Bonchev–Trinajstić information content (AvgIpc) is 2.78. The molecule has 0 saturated heterocycles. The van der Waals surface area contributed by atoms with Gasteiger partial charge in [0.15, 0.2) is 0 Å². The van der Waals surface area contributed by atoms with E-state index in [2.05, 4.69) is 35.4 Å². The highest BCUT2D eigenvalue weighted by Gasteiger charge is 2.11. The van der Waals surface area contributed by atoms with Crippen molar-refractivity contribution < 1.29 is 0 Å². The van der Waals surface area contributed by atoms with Crippen molar-refractivity contribution in [1.29, 1.82) is 0 Å². The van der Waals surface area contributed by atoms with Gasteiger partial charge in [-0.1, -0.05) is 13.8 Å². The lowest BCUT2D eigenvalue weighted by atomic mass is 10.1. The zero-order valence-electron chi connectivity index (χ0n) is 12.9. The SMILES string of the molecule is CC(C)c1nn(C)cc1CNc1ccc(N(C)C)nc1. The first-order chi connectivity index (χ1) is 9.47. The Kier molecular flexibility index (Phi) is 4.27. The molecule has 0 bridgehead atoms. The van der Waals surface area contributed by atoms with Crippen molar-refractivity contribution in [2.75, 3.05) is 24.3 Å². The van der Waals surface area contributed by atoms with Crippen LogP contribution in [0.4, 0.5) is 11.5 Å². The number of nitrogens with zero attached hydrogens (tertiary/aromatic N) is 4. The van der Waals surface area contributed by atoms with Gasteiger partial charge in [0.05, 0.1) is 17.6 Å². The molecule has 0 unspecified atom stereocenters. The number of hydrogen-bond acceptors (Lipinski definition) is 4. The van der Waals surface area contributed by atoms with E-state index in [0.717, 1.165) is 23.7 Å². The normalized spacial score (nSPS) is 10.9. The van der Waals surface area contributed by atoms with Gasteiger partial charge in [-0.15, -0.1) is 0 Å². The molecule has 2 heterocycles. The summed E-state index contributed by atoms with van der Waals surface area (Å²) in [5, 5.41) is 7.92. The molecule has 2 rings (SSSR count). The van der Waals surface area contributed by atoms with Crippen molar-refractivity contribution in [1.82, 2.24) is 14.8 Å². The van der Waals surface area contributed by atoms with Gasteiger partial charge in [-0.3, -0.25) is 4.68 Å².